The molecule has 0 saturated carbocycles. The third kappa shape index (κ3) is 72.2. The highest BCUT2D eigenvalue weighted by molar-refractivity contribution is 7.47. The maximum atomic E-state index is 13.1. The number of phosphoric ester groups is 2. The van der Waals surface area contributed by atoms with E-state index in [-0.39, 0.29) is 25.7 Å². The van der Waals surface area contributed by atoms with Gasteiger partial charge in [0.15, 0.2) is 12.2 Å². The molecule has 17 nitrogen and oxygen atoms in total. The van der Waals surface area contributed by atoms with Crippen molar-refractivity contribution < 1.29 is 80.2 Å². The van der Waals surface area contributed by atoms with Gasteiger partial charge in [-0.2, -0.15) is 0 Å². The number of esters is 4. The molecule has 0 rings (SSSR count). The summed E-state index contributed by atoms with van der Waals surface area (Å²) in [6.45, 7) is 11.8. The van der Waals surface area contributed by atoms with Gasteiger partial charge in [-0.25, -0.2) is 9.13 Å². The second-order valence-electron chi connectivity index (χ2n) is 29.5. The molecular weight excluding hydrogens is 1270 g/mol. The number of aliphatic hydroxyl groups excluding tert-OH is 1. The number of hydrogen-bond donors (Lipinski definition) is 3. The van der Waals surface area contributed by atoms with Crippen molar-refractivity contribution in [2.45, 2.75) is 420 Å². The lowest BCUT2D eigenvalue weighted by atomic mass is 10.0. The van der Waals surface area contributed by atoms with E-state index in [0.717, 1.165) is 108 Å². The summed E-state index contributed by atoms with van der Waals surface area (Å²) >= 11 is 0. The lowest BCUT2D eigenvalue weighted by molar-refractivity contribution is -0.161. The molecule has 576 valence electrons. The number of hydrogen-bond acceptors (Lipinski definition) is 15. The fraction of sp³-hybridized carbons (Fsp3) is 0.949. The lowest BCUT2D eigenvalue weighted by Crippen LogP contribution is -2.30. The van der Waals surface area contributed by atoms with E-state index >= 15 is 0 Å². The van der Waals surface area contributed by atoms with E-state index in [1.807, 2.05) is 0 Å². The Labute approximate surface area is 594 Å². The van der Waals surface area contributed by atoms with E-state index in [1.54, 1.807) is 0 Å². The Hall–Kier alpha value is -1.94. The van der Waals surface area contributed by atoms with Crippen molar-refractivity contribution in [2.75, 3.05) is 39.6 Å². The molecule has 0 aromatic rings. The molecule has 2 unspecified atom stereocenters. The number of unbranched alkanes of at least 4 members (excludes halogenated alkanes) is 44. The zero-order valence-electron chi connectivity index (χ0n) is 63.5. The van der Waals surface area contributed by atoms with Gasteiger partial charge in [-0.1, -0.05) is 350 Å². The number of aliphatic hydroxyl groups is 1. The van der Waals surface area contributed by atoms with Crippen LogP contribution in [0, 0.1) is 17.8 Å². The Bertz CT molecular complexity index is 1890. The summed E-state index contributed by atoms with van der Waals surface area (Å²) in [4.78, 5) is 72.8. The Balaban J connectivity index is 5.22. The summed E-state index contributed by atoms with van der Waals surface area (Å²) in [5.74, 6) is 0.115. The van der Waals surface area contributed by atoms with Gasteiger partial charge >= 0.3 is 39.5 Å². The summed E-state index contributed by atoms with van der Waals surface area (Å²) in [6, 6.07) is 0. The number of rotatable bonds is 76. The summed E-state index contributed by atoms with van der Waals surface area (Å²) < 4.78 is 68.6. The fourth-order valence-electron chi connectivity index (χ4n) is 12.0. The Morgan fingerprint density at radius 3 is 0.701 bits per heavy atom. The summed E-state index contributed by atoms with van der Waals surface area (Å²) in [7, 11) is -9.91. The average Bonchev–Trinajstić information content (AvgIpc) is 1.13. The molecular formula is C78H152O17P2. The van der Waals surface area contributed by atoms with Crippen LogP contribution >= 0.6 is 15.6 Å². The number of carbonyl (C=O) groups is 4. The van der Waals surface area contributed by atoms with Crippen LogP contribution in [0.3, 0.4) is 0 Å². The van der Waals surface area contributed by atoms with Crippen LogP contribution in [0.2, 0.25) is 0 Å². The van der Waals surface area contributed by atoms with Gasteiger partial charge in [-0.15, -0.1) is 0 Å². The molecule has 0 spiro atoms. The minimum Gasteiger partial charge on any atom is -0.462 e. The van der Waals surface area contributed by atoms with Crippen LogP contribution in [0.4, 0.5) is 0 Å². The van der Waals surface area contributed by atoms with Crippen LogP contribution in [0.25, 0.3) is 0 Å². The third-order valence-corrected chi connectivity index (χ3v) is 20.0. The SMILES string of the molecule is CCCCCCCCCCCCCCCCCCCC(=O)OC[C@H](COP(=O)(O)OC[C@@H](O)COP(=O)(O)OC[C@@H](COC(=O)CCCCCCCCCC(C)C)OC(=O)CCCCCCCCCCC(C)C)OC(=O)CCCCCCCCCCCCCCCCCCC(C)C. The number of ether oxygens (including phenoxy) is 4. The topological polar surface area (TPSA) is 237 Å². The third-order valence-electron chi connectivity index (χ3n) is 18.1. The molecule has 0 amide bonds. The first-order valence-corrected chi connectivity index (χ1v) is 43.3. The Morgan fingerprint density at radius 2 is 0.474 bits per heavy atom. The highest BCUT2D eigenvalue weighted by Crippen LogP contribution is 2.45. The lowest BCUT2D eigenvalue weighted by Gasteiger charge is -2.21. The first-order chi connectivity index (χ1) is 46.7. The molecule has 0 aromatic heterocycles. The number of phosphoric acid groups is 2. The molecule has 3 N–H and O–H groups in total. The molecule has 0 aliphatic rings. The summed E-state index contributed by atoms with van der Waals surface area (Å²) in [5, 5.41) is 10.6. The predicted molar refractivity (Wildman–Crippen MR) is 395 cm³/mol. The van der Waals surface area contributed by atoms with Gasteiger partial charge in [0.2, 0.25) is 0 Å². The Kier molecular flexibility index (Phi) is 67.1. The molecule has 0 aliphatic heterocycles. The standard InChI is InChI=1S/C78H152O17P2/c1-8-9-10-11-12-13-14-15-16-17-21-24-27-30-38-45-52-59-75(80)88-65-73(94-77(82)61-54-47-39-31-28-25-22-19-18-20-23-26-29-35-42-49-56-69(2)3)67-92-96(84,85)90-63-72(79)64-91-97(86,87)93-68-74(66-89-76(81)60-53-46-41-34-37-44-51-58-71(6)7)95-78(83)62-55-48-40-33-32-36-43-50-57-70(4)5/h69-74,79H,8-68H2,1-7H3,(H,84,85)(H,86,87)/t72-,73-,74-/m1/s1. The van der Waals surface area contributed by atoms with Crippen molar-refractivity contribution in [3.05, 3.63) is 0 Å². The molecule has 0 aliphatic carbocycles. The van der Waals surface area contributed by atoms with Crippen molar-refractivity contribution in [3.8, 4) is 0 Å². The van der Waals surface area contributed by atoms with Gasteiger partial charge in [-0.3, -0.25) is 37.3 Å². The van der Waals surface area contributed by atoms with Crippen LogP contribution in [0.5, 0.6) is 0 Å². The van der Waals surface area contributed by atoms with Crippen molar-refractivity contribution in [1.29, 1.82) is 0 Å². The van der Waals surface area contributed by atoms with Gasteiger partial charge in [0.05, 0.1) is 26.4 Å². The van der Waals surface area contributed by atoms with Crippen molar-refractivity contribution in [3.63, 3.8) is 0 Å². The summed E-state index contributed by atoms with van der Waals surface area (Å²) in [5.41, 5.74) is 0. The zero-order chi connectivity index (χ0) is 71.6. The van der Waals surface area contributed by atoms with Gasteiger partial charge < -0.3 is 33.8 Å². The Morgan fingerprint density at radius 1 is 0.278 bits per heavy atom. The summed E-state index contributed by atoms with van der Waals surface area (Å²) in [6.07, 6.45) is 55.7. The smallest absolute Gasteiger partial charge is 0.462 e. The predicted octanol–water partition coefficient (Wildman–Crippen LogP) is 23.0. The molecule has 97 heavy (non-hydrogen) atoms. The van der Waals surface area contributed by atoms with E-state index in [0.29, 0.717) is 31.6 Å². The monoisotopic (exact) mass is 1420 g/mol. The van der Waals surface area contributed by atoms with E-state index in [9.17, 15) is 43.2 Å². The molecule has 0 heterocycles. The van der Waals surface area contributed by atoms with Crippen LogP contribution < -0.4 is 0 Å². The van der Waals surface area contributed by atoms with E-state index in [4.69, 9.17) is 37.0 Å². The molecule has 5 atom stereocenters. The minimum absolute atomic E-state index is 0.104. The second kappa shape index (κ2) is 68.5. The van der Waals surface area contributed by atoms with E-state index < -0.39 is 97.5 Å². The molecule has 0 radical (unpaired) electrons. The maximum absolute atomic E-state index is 13.1. The quantitative estimate of drug-likeness (QED) is 0.0222. The first kappa shape index (κ1) is 95.1. The van der Waals surface area contributed by atoms with Crippen molar-refractivity contribution >= 4 is 39.5 Å². The van der Waals surface area contributed by atoms with Crippen LogP contribution in [0.15, 0.2) is 0 Å². The largest absolute Gasteiger partial charge is 0.472 e. The highest BCUT2D eigenvalue weighted by atomic mass is 31.2. The van der Waals surface area contributed by atoms with Crippen LogP contribution in [-0.4, -0.2) is 96.7 Å². The minimum atomic E-state index is -4.96. The number of carbonyl (C=O) groups excluding carboxylic acids is 4. The van der Waals surface area contributed by atoms with Crippen molar-refractivity contribution in [1.82, 2.24) is 0 Å². The van der Waals surface area contributed by atoms with Gasteiger partial charge in [0.25, 0.3) is 0 Å². The highest BCUT2D eigenvalue weighted by Gasteiger charge is 2.30. The van der Waals surface area contributed by atoms with Gasteiger partial charge in [0.1, 0.15) is 19.3 Å². The second-order valence-corrected chi connectivity index (χ2v) is 32.4. The molecule has 0 saturated heterocycles. The van der Waals surface area contributed by atoms with E-state index in [2.05, 4.69) is 48.5 Å². The molecule has 0 bridgehead atoms. The van der Waals surface area contributed by atoms with Crippen LogP contribution in [0.1, 0.15) is 402 Å². The first-order valence-electron chi connectivity index (χ1n) is 40.3. The van der Waals surface area contributed by atoms with Gasteiger partial charge in [-0.05, 0) is 43.4 Å². The molecule has 19 heteroatoms. The molecule has 0 fully saturated rings. The normalized spacial score (nSPS) is 14.0. The fourth-order valence-corrected chi connectivity index (χ4v) is 13.5. The maximum Gasteiger partial charge on any atom is 0.472 e. The van der Waals surface area contributed by atoms with Crippen LogP contribution in [-0.2, 0) is 65.4 Å². The average molecular weight is 1420 g/mol. The zero-order valence-corrected chi connectivity index (χ0v) is 65.3. The van der Waals surface area contributed by atoms with E-state index in [1.165, 1.54) is 205 Å². The van der Waals surface area contributed by atoms with Crippen molar-refractivity contribution in [2.24, 2.45) is 17.8 Å². The molecule has 0 aromatic carbocycles. The van der Waals surface area contributed by atoms with Gasteiger partial charge in [0, 0.05) is 25.7 Å².